The van der Waals surface area contributed by atoms with Gasteiger partial charge in [-0.3, -0.25) is 19.0 Å². The number of aromatic nitrogens is 1. The summed E-state index contributed by atoms with van der Waals surface area (Å²) in [6, 6.07) is 12.8. The lowest BCUT2D eigenvalue weighted by Gasteiger charge is -2.24. The van der Waals surface area contributed by atoms with Gasteiger partial charge in [-0.15, -0.1) is 0 Å². The van der Waals surface area contributed by atoms with E-state index in [1.165, 1.54) is 23.7 Å². The zero-order chi connectivity index (χ0) is 29.3. The number of carboxylic acid groups (broad SMARTS) is 1. The Bertz CT molecular complexity index is 1760. The molecule has 1 N–H and O–H groups in total. The van der Waals surface area contributed by atoms with Crippen LogP contribution in [0.2, 0.25) is 0 Å². The quantitative estimate of drug-likeness (QED) is 0.474. The highest BCUT2D eigenvalue weighted by Gasteiger charge is 2.36. The summed E-state index contributed by atoms with van der Waals surface area (Å²) in [6.07, 6.45) is 0. The monoisotopic (exact) mass is 563 g/mol. The lowest BCUT2D eigenvalue weighted by molar-refractivity contribution is -0.137. The van der Waals surface area contributed by atoms with Crippen molar-refractivity contribution in [2.75, 3.05) is 26.2 Å². The van der Waals surface area contributed by atoms with Gasteiger partial charge in [-0.25, -0.2) is 14.6 Å². The van der Waals surface area contributed by atoms with Crippen molar-refractivity contribution in [1.29, 1.82) is 0 Å². The first-order chi connectivity index (χ1) is 19.0. The zero-order valence-corrected chi connectivity index (χ0v) is 23.1. The fourth-order valence-corrected chi connectivity index (χ4v) is 5.70. The van der Waals surface area contributed by atoms with Crippen LogP contribution in [-0.2, 0) is 23.9 Å². The van der Waals surface area contributed by atoms with Gasteiger partial charge < -0.3 is 19.5 Å². The number of carbonyl (C=O) groups excluding carboxylic acids is 3. The minimum Gasteiger partial charge on any atom is -0.481 e. The smallest absolute Gasteiger partial charge is 0.338 e. The van der Waals surface area contributed by atoms with Gasteiger partial charge in [-0.2, -0.15) is 0 Å². The number of benzene rings is 2. The third kappa shape index (κ3) is 4.84. The van der Waals surface area contributed by atoms with E-state index in [9.17, 15) is 19.2 Å². The van der Waals surface area contributed by atoms with Crippen LogP contribution in [0.15, 0.2) is 69.6 Å². The summed E-state index contributed by atoms with van der Waals surface area (Å²) in [4.78, 5) is 67.2. The summed E-state index contributed by atoms with van der Waals surface area (Å²) in [5.41, 5.74) is 2.74. The largest absolute Gasteiger partial charge is 0.481 e. The average Bonchev–Trinajstić information content (AvgIpc) is 3.38. The second-order valence-electron chi connectivity index (χ2n) is 8.78. The number of aliphatic carboxylic acids is 1. The van der Waals surface area contributed by atoms with Crippen LogP contribution < -0.4 is 19.8 Å². The van der Waals surface area contributed by atoms with Crippen molar-refractivity contribution in [1.82, 2.24) is 4.57 Å². The Morgan fingerprint density at radius 2 is 1.57 bits per heavy atom. The molecule has 0 radical (unpaired) electrons. The molecule has 1 amide bonds. The number of hydrogen-bond acceptors (Lipinski definition) is 9. The summed E-state index contributed by atoms with van der Waals surface area (Å²) in [5, 5.41) is 7.42. The predicted octanol–water partition coefficient (Wildman–Crippen LogP) is 1.63. The number of amides is 1. The van der Waals surface area contributed by atoms with Crippen molar-refractivity contribution in [2.24, 2.45) is 4.99 Å². The molecule has 1 atom stereocenters. The van der Waals surface area contributed by atoms with Crippen molar-refractivity contribution >= 4 is 46.4 Å². The first-order valence-electron chi connectivity index (χ1n) is 11.9. The Morgan fingerprint density at radius 1 is 0.975 bits per heavy atom. The van der Waals surface area contributed by atoms with E-state index in [0.29, 0.717) is 38.4 Å². The molecule has 5 rings (SSSR count). The van der Waals surface area contributed by atoms with E-state index in [1.807, 2.05) is 18.2 Å². The highest BCUT2D eigenvalue weighted by Crippen LogP contribution is 2.34. The minimum absolute atomic E-state index is 0.197. The maximum Gasteiger partial charge on any atom is 0.338 e. The maximum atomic E-state index is 13.9. The van der Waals surface area contributed by atoms with E-state index in [4.69, 9.17) is 19.4 Å². The summed E-state index contributed by atoms with van der Waals surface area (Å²) in [6.45, 7) is 2.76. The fourth-order valence-electron chi connectivity index (χ4n) is 4.57. The lowest BCUT2D eigenvalue weighted by atomic mass is 9.95. The van der Waals surface area contributed by atoms with Gasteiger partial charge in [0.1, 0.15) is 4.53 Å². The van der Waals surface area contributed by atoms with Gasteiger partial charge in [-0.05, 0) is 30.7 Å². The molecule has 2 aliphatic rings. The molecule has 3 heterocycles. The number of esters is 2. The summed E-state index contributed by atoms with van der Waals surface area (Å²) in [7, 11) is 4.21. The van der Waals surface area contributed by atoms with Crippen molar-refractivity contribution in [3.05, 3.63) is 96.2 Å². The first kappa shape index (κ1) is 28.2. The Labute approximate surface area is 231 Å². The number of ether oxygens (including phenoxy) is 2. The molecule has 206 valence electrons. The number of fused-ring (bicyclic) bond motifs is 2. The van der Waals surface area contributed by atoms with Gasteiger partial charge in [0.2, 0.25) is 0 Å². The number of anilines is 1. The van der Waals surface area contributed by atoms with Crippen molar-refractivity contribution in [3.63, 3.8) is 0 Å². The number of likely N-dealkylation sites (N-methyl/N-ethyl adjacent to an activating group) is 1. The van der Waals surface area contributed by atoms with Crippen LogP contribution in [0, 0.1) is 0 Å². The number of rotatable bonds is 3. The highest BCUT2D eigenvalue weighted by atomic mass is 32.1. The average molecular weight is 564 g/mol. The number of carboxylic acids is 1. The number of carbonyl (C=O) groups is 4. The number of nitrogens with zero attached hydrogens (tertiary/aromatic N) is 3. The molecule has 2 aromatic carbocycles. The van der Waals surface area contributed by atoms with Crippen LogP contribution in [0.4, 0.5) is 5.69 Å². The van der Waals surface area contributed by atoms with Crippen LogP contribution in [0.1, 0.15) is 41.4 Å². The predicted molar refractivity (Wildman–Crippen MR) is 146 cm³/mol. The Kier molecular flexibility index (Phi) is 7.82. The van der Waals surface area contributed by atoms with Gasteiger partial charge in [-0.1, -0.05) is 41.7 Å². The lowest BCUT2D eigenvalue weighted by Crippen LogP contribution is -2.40. The molecule has 40 heavy (non-hydrogen) atoms. The molecule has 1 unspecified atom stereocenters. The van der Waals surface area contributed by atoms with Crippen LogP contribution >= 0.6 is 11.3 Å². The third-order valence-corrected chi connectivity index (χ3v) is 7.38. The Morgan fingerprint density at radius 3 is 2.17 bits per heavy atom. The molecule has 0 fully saturated rings. The molecule has 0 saturated heterocycles. The molecule has 0 bridgehead atoms. The van der Waals surface area contributed by atoms with Gasteiger partial charge in [0, 0.05) is 19.5 Å². The van der Waals surface area contributed by atoms with E-state index < -0.39 is 29.5 Å². The number of para-hydroxylation sites is 1. The molecular weight excluding hydrogens is 538 g/mol. The minimum atomic E-state index is -0.862. The van der Waals surface area contributed by atoms with E-state index in [1.54, 1.807) is 44.3 Å². The van der Waals surface area contributed by atoms with Gasteiger partial charge in [0.15, 0.2) is 4.80 Å². The van der Waals surface area contributed by atoms with Crippen molar-refractivity contribution in [3.8, 4) is 0 Å². The zero-order valence-electron chi connectivity index (χ0n) is 22.3. The molecule has 12 heteroatoms. The van der Waals surface area contributed by atoms with Crippen LogP contribution in [-0.4, -0.2) is 54.8 Å². The molecule has 11 nitrogen and oxygen atoms in total. The SMILES string of the molecule is CC(=O)O.COC(=O)C1=C(C)N=c2s/c(=C3\C(=O)N(C)c4ccccc43)c(=O)n2C1c1ccc(C(=O)OC)cc1. The van der Waals surface area contributed by atoms with Crippen LogP contribution in [0.5, 0.6) is 0 Å². The van der Waals surface area contributed by atoms with E-state index >= 15 is 0 Å². The number of thiazole rings is 1. The molecular formula is C28H25N3O8S. The van der Waals surface area contributed by atoms with E-state index in [-0.39, 0.29) is 16.0 Å². The summed E-state index contributed by atoms with van der Waals surface area (Å²) >= 11 is 1.10. The molecule has 3 aromatic rings. The fraction of sp³-hybridized carbons (Fsp3) is 0.214. The van der Waals surface area contributed by atoms with Gasteiger partial charge >= 0.3 is 11.9 Å². The molecule has 1 aromatic heterocycles. The highest BCUT2D eigenvalue weighted by molar-refractivity contribution is 7.07. The third-order valence-electron chi connectivity index (χ3n) is 6.33. The maximum absolute atomic E-state index is 13.9. The first-order valence-corrected chi connectivity index (χ1v) is 12.7. The number of hydrogen-bond donors (Lipinski definition) is 1. The van der Waals surface area contributed by atoms with Gasteiger partial charge in [0.25, 0.3) is 17.4 Å². The second-order valence-corrected chi connectivity index (χ2v) is 9.76. The summed E-state index contributed by atoms with van der Waals surface area (Å²) < 4.78 is 11.4. The number of methoxy groups -OCH3 is 2. The summed E-state index contributed by atoms with van der Waals surface area (Å²) in [5.74, 6) is -2.25. The van der Waals surface area contributed by atoms with E-state index in [2.05, 4.69) is 4.99 Å². The molecule has 0 saturated carbocycles. The van der Waals surface area contributed by atoms with Crippen LogP contribution in [0.3, 0.4) is 0 Å². The standard InChI is InChI=1S/C26H21N3O6S.C2H4O2/c1-13-18(25(33)35-4)20(14-9-11-15(12-10-14)24(32)34-3)29-23(31)21(36-26(29)27-13)19-16-7-5-6-8-17(16)28(2)22(19)30;1-2(3)4/h5-12,20H,1-4H3;1H3,(H,3,4)/b21-19-;. The molecule has 0 aliphatic carbocycles. The van der Waals surface area contributed by atoms with Crippen LogP contribution in [0.25, 0.3) is 5.57 Å². The van der Waals surface area contributed by atoms with Crippen molar-refractivity contribution < 1.29 is 33.8 Å². The van der Waals surface area contributed by atoms with Crippen molar-refractivity contribution in [2.45, 2.75) is 19.9 Å². The number of allylic oxidation sites excluding steroid dienone is 1. The molecule has 0 spiro atoms. The topological polar surface area (TPSA) is 145 Å². The van der Waals surface area contributed by atoms with E-state index in [0.717, 1.165) is 18.3 Å². The Hall–Kier alpha value is -4.84. The molecule has 2 aliphatic heterocycles. The van der Waals surface area contributed by atoms with Gasteiger partial charge in [0.05, 0.1) is 48.4 Å². The Balaban J connectivity index is 0.000000867. The second kappa shape index (κ2) is 11.1. The normalized spacial score (nSPS) is 16.8.